The van der Waals surface area contributed by atoms with Crippen molar-refractivity contribution in [3.05, 3.63) is 53.6 Å². The maximum absolute atomic E-state index is 11.8. The molecule has 0 bridgehead atoms. The molecule has 0 saturated carbocycles. The molecule has 2 aromatic carbocycles. The van der Waals surface area contributed by atoms with Crippen LogP contribution in [0.4, 0.5) is 0 Å². The highest BCUT2D eigenvalue weighted by molar-refractivity contribution is 7.98. The summed E-state index contributed by atoms with van der Waals surface area (Å²) in [6.07, 6.45) is 2.01. The Balaban J connectivity index is 2.33. The van der Waals surface area contributed by atoms with Crippen molar-refractivity contribution >= 4 is 23.6 Å². The third kappa shape index (κ3) is 5.00. The molecular weight excluding hydrogens is 338 g/mol. The van der Waals surface area contributed by atoms with Crippen molar-refractivity contribution in [3.8, 4) is 11.5 Å². The molecule has 0 unspecified atom stereocenters. The topological polar surface area (TPSA) is 55.8 Å². The number of hydrogen-bond acceptors (Lipinski definition) is 5. The maximum atomic E-state index is 11.8. The van der Waals surface area contributed by atoms with Gasteiger partial charge in [0.15, 0.2) is 0 Å². The molecule has 0 aromatic heterocycles. The standard InChI is InChI=1S/C19H21NO4S/c1-13(21)20(2)12-15-11-14(19(22)23-3)5-10-18(15)24-16-6-8-17(25-4)9-7-16/h5-11H,12H2,1-4H3. The Morgan fingerprint density at radius 1 is 1.12 bits per heavy atom. The summed E-state index contributed by atoms with van der Waals surface area (Å²) in [4.78, 5) is 26.0. The smallest absolute Gasteiger partial charge is 0.337 e. The molecule has 25 heavy (non-hydrogen) atoms. The van der Waals surface area contributed by atoms with Gasteiger partial charge in [0.2, 0.25) is 5.91 Å². The molecule has 132 valence electrons. The molecule has 0 heterocycles. The average molecular weight is 359 g/mol. The number of benzene rings is 2. The van der Waals surface area contributed by atoms with E-state index in [1.54, 1.807) is 41.9 Å². The first-order valence-electron chi connectivity index (χ1n) is 7.69. The van der Waals surface area contributed by atoms with E-state index in [2.05, 4.69) is 0 Å². The van der Waals surface area contributed by atoms with Crippen LogP contribution in [0.5, 0.6) is 11.5 Å². The van der Waals surface area contributed by atoms with E-state index >= 15 is 0 Å². The Hall–Kier alpha value is -2.47. The minimum absolute atomic E-state index is 0.0706. The van der Waals surface area contributed by atoms with Gasteiger partial charge in [-0.2, -0.15) is 0 Å². The second kappa shape index (κ2) is 8.58. The van der Waals surface area contributed by atoms with Gasteiger partial charge in [0, 0.05) is 31.0 Å². The van der Waals surface area contributed by atoms with Gasteiger partial charge in [-0.3, -0.25) is 4.79 Å². The van der Waals surface area contributed by atoms with Gasteiger partial charge in [-0.05, 0) is 48.7 Å². The quantitative estimate of drug-likeness (QED) is 0.577. The van der Waals surface area contributed by atoms with Gasteiger partial charge in [-0.1, -0.05) is 0 Å². The highest BCUT2D eigenvalue weighted by atomic mass is 32.2. The van der Waals surface area contributed by atoms with Gasteiger partial charge in [0.25, 0.3) is 0 Å². The second-order valence-corrected chi connectivity index (χ2v) is 6.35. The van der Waals surface area contributed by atoms with Crippen LogP contribution in [0.2, 0.25) is 0 Å². The van der Waals surface area contributed by atoms with Crippen molar-refractivity contribution in [2.24, 2.45) is 0 Å². The Labute approximate surface area is 151 Å². The number of thioether (sulfide) groups is 1. The van der Waals surface area contributed by atoms with Crippen molar-refractivity contribution in [1.29, 1.82) is 0 Å². The Bertz CT molecular complexity index is 759. The molecule has 0 atom stereocenters. The molecule has 5 nitrogen and oxygen atoms in total. The molecule has 0 radical (unpaired) electrons. The van der Waals surface area contributed by atoms with Crippen LogP contribution in [0.1, 0.15) is 22.8 Å². The first-order valence-corrected chi connectivity index (χ1v) is 8.92. The van der Waals surface area contributed by atoms with E-state index in [-0.39, 0.29) is 5.91 Å². The number of ether oxygens (including phenoxy) is 2. The zero-order chi connectivity index (χ0) is 18.4. The first kappa shape index (κ1) is 18.9. The van der Waals surface area contributed by atoms with Crippen LogP contribution in [0.3, 0.4) is 0 Å². The number of methoxy groups -OCH3 is 1. The molecule has 0 aliphatic heterocycles. The number of esters is 1. The predicted molar refractivity (Wildman–Crippen MR) is 98.2 cm³/mol. The molecule has 2 aromatic rings. The summed E-state index contributed by atoms with van der Waals surface area (Å²) in [5.41, 5.74) is 1.15. The monoisotopic (exact) mass is 359 g/mol. The number of hydrogen-bond donors (Lipinski definition) is 0. The molecule has 0 spiro atoms. The molecule has 0 fully saturated rings. The van der Waals surface area contributed by atoms with Crippen LogP contribution >= 0.6 is 11.8 Å². The molecule has 0 aliphatic rings. The number of nitrogens with zero attached hydrogens (tertiary/aromatic N) is 1. The second-order valence-electron chi connectivity index (χ2n) is 5.47. The number of amides is 1. The van der Waals surface area contributed by atoms with E-state index in [1.807, 2.05) is 30.5 Å². The van der Waals surface area contributed by atoms with Crippen LogP contribution in [0.15, 0.2) is 47.4 Å². The van der Waals surface area contributed by atoms with E-state index in [4.69, 9.17) is 9.47 Å². The lowest BCUT2D eigenvalue weighted by Gasteiger charge is -2.18. The van der Waals surface area contributed by atoms with Gasteiger partial charge in [-0.15, -0.1) is 11.8 Å². The molecule has 1 amide bonds. The number of carbonyl (C=O) groups is 2. The van der Waals surface area contributed by atoms with Crippen molar-refractivity contribution < 1.29 is 19.1 Å². The van der Waals surface area contributed by atoms with Crippen LogP contribution in [0, 0.1) is 0 Å². The highest BCUT2D eigenvalue weighted by Crippen LogP contribution is 2.29. The highest BCUT2D eigenvalue weighted by Gasteiger charge is 2.14. The number of carbonyl (C=O) groups excluding carboxylic acids is 2. The van der Waals surface area contributed by atoms with Gasteiger partial charge in [0.1, 0.15) is 11.5 Å². The normalized spacial score (nSPS) is 10.2. The zero-order valence-electron chi connectivity index (χ0n) is 14.7. The summed E-state index contributed by atoms with van der Waals surface area (Å²) >= 11 is 1.66. The predicted octanol–water partition coefficient (Wildman–Crippen LogP) is 3.97. The molecule has 2 rings (SSSR count). The lowest BCUT2D eigenvalue weighted by Crippen LogP contribution is -2.23. The number of rotatable bonds is 6. The summed E-state index contributed by atoms with van der Waals surface area (Å²) in [6, 6.07) is 12.8. The Kier molecular flexibility index (Phi) is 6.47. The van der Waals surface area contributed by atoms with Crippen LogP contribution in [-0.4, -0.2) is 37.2 Å². The lowest BCUT2D eigenvalue weighted by molar-refractivity contribution is -0.128. The van der Waals surface area contributed by atoms with Crippen LogP contribution in [0.25, 0.3) is 0 Å². The Morgan fingerprint density at radius 2 is 1.80 bits per heavy atom. The van der Waals surface area contributed by atoms with Gasteiger partial charge in [0.05, 0.1) is 12.7 Å². The van der Waals surface area contributed by atoms with Crippen molar-refractivity contribution in [2.45, 2.75) is 18.4 Å². The van der Waals surface area contributed by atoms with Crippen molar-refractivity contribution in [1.82, 2.24) is 4.90 Å². The molecule has 0 saturated heterocycles. The fourth-order valence-electron chi connectivity index (χ4n) is 2.18. The fourth-order valence-corrected chi connectivity index (χ4v) is 2.59. The molecule has 0 aliphatic carbocycles. The largest absolute Gasteiger partial charge is 0.465 e. The fraction of sp³-hybridized carbons (Fsp3) is 0.263. The SMILES string of the molecule is COC(=O)c1ccc(Oc2ccc(SC)cc2)c(CN(C)C(C)=O)c1. The summed E-state index contributed by atoms with van der Waals surface area (Å²) < 4.78 is 10.7. The third-order valence-electron chi connectivity index (χ3n) is 3.71. The zero-order valence-corrected chi connectivity index (χ0v) is 15.6. The lowest BCUT2D eigenvalue weighted by atomic mass is 10.1. The van der Waals surface area contributed by atoms with Crippen molar-refractivity contribution in [3.63, 3.8) is 0 Å². The van der Waals surface area contributed by atoms with E-state index in [9.17, 15) is 9.59 Å². The summed E-state index contributed by atoms with van der Waals surface area (Å²) in [6.45, 7) is 1.82. The summed E-state index contributed by atoms with van der Waals surface area (Å²) in [5, 5.41) is 0. The van der Waals surface area contributed by atoms with Crippen LogP contribution < -0.4 is 4.74 Å². The molecule has 6 heteroatoms. The first-order chi connectivity index (χ1) is 11.9. The van der Waals surface area contributed by atoms with E-state index < -0.39 is 5.97 Å². The molecule has 0 N–H and O–H groups in total. The summed E-state index contributed by atoms with van der Waals surface area (Å²) in [7, 11) is 3.03. The maximum Gasteiger partial charge on any atom is 0.337 e. The minimum Gasteiger partial charge on any atom is -0.465 e. The van der Waals surface area contributed by atoms with E-state index in [1.165, 1.54) is 14.0 Å². The third-order valence-corrected chi connectivity index (χ3v) is 4.46. The summed E-state index contributed by atoms with van der Waals surface area (Å²) in [5.74, 6) is 0.786. The minimum atomic E-state index is -0.428. The average Bonchev–Trinajstić information content (AvgIpc) is 2.62. The van der Waals surface area contributed by atoms with E-state index in [0.29, 0.717) is 23.6 Å². The molecular formula is C19H21NO4S. The van der Waals surface area contributed by atoms with Crippen molar-refractivity contribution in [2.75, 3.05) is 20.4 Å². The van der Waals surface area contributed by atoms with Gasteiger partial charge in [-0.25, -0.2) is 4.79 Å². The van der Waals surface area contributed by atoms with Gasteiger partial charge < -0.3 is 14.4 Å². The van der Waals surface area contributed by atoms with E-state index in [0.717, 1.165) is 10.5 Å². The Morgan fingerprint density at radius 3 is 2.36 bits per heavy atom. The van der Waals surface area contributed by atoms with Gasteiger partial charge >= 0.3 is 5.97 Å². The van der Waals surface area contributed by atoms with Crippen LogP contribution in [-0.2, 0) is 16.1 Å².